The van der Waals surface area contributed by atoms with Crippen LogP contribution in [-0.2, 0) is 33.6 Å². The molecule has 0 radical (unpaired) electrons. The zero-order valence-corrected chi connectivity index (χ0v) is 34.7. The van der Waals surface area contributed by atoms with Crippen LogP contribution in [0.1, 0.15) is 97.8 Å². The van der Waals surface area contributed by atoms with Crippen molar-refractivity contribution in [1.82, 2.24) is 20.0 Å². The van der Waals surface area contributed by atoms with Crippen LogP contribution in [0.25, 0.3) is 0 Å². The summed E-state index contributed by atoms with van der Waals surface area (Å²) in [4.78, 5) is 86.6. The van der Waals surface area contributed by atoms with E-state index < -0.39 is 74.1 Å². The number of amides is 1. The largest absolute Gasteiger partial charge is 0.481 e. The van der Waals surface area contributed by atoms with E-state index in [9.17, 15) is 69.3 Å². The van der Waals surface area contributed by atoms with Gasteiger partial charge in [0.05, 0.1) is 32.3 Å². The predicted molar refractivity (Wildman–Crippen MR) is 210 cm³/mol. The van der Waals surface area contributed by atoms with Crippen LogP contribution >= 0.6 is 0 Å². The van der Waals surface area contributed by atoms with E-state index in [-0.39, 0.29) is 80.1 Å². The second-order valence-corrected chi connectivity index (χ2v) is 18.3. The third-order valence-electron chi connectivity index (χ3n) is 14.9. The number of aliphatic hydroxyl groups is 1. The van der Waals surface area contributed by atoms with E-state index in [1.165, 1.54) is 4.90 Å². The lowest BCUT2D eigenvalue weighted by molar-refractivity contribution is -0.170. The molecule has 1 amide bonds. The number of carboxylic acids is 6. The standard InChI is InChI=1S/C41H66N4O14/c1-24(4-11-34(48)49)28-7-8-29-27-6-5-25-18-26(12-13-40(25,2)30(27)19-32(46)41(28,29)3)42-33(47)10-9-31(39(58)59)45(16-14-43(20-35(50)51)21-36(52)53)17-15-44(22-37(54)55)23-38(56)57/h24-32,46H,4-23H2,1-3H3,(H,42,47)(H,48,49)(H,50,51)(H,52,53)(H,54,55)(H,56,57)(H,58,59)/t24?,25?,26?,27?,28?,29?,30?,31?,32-,40?,41?/m0/s1. The van der Waals surface area contributed by atoms with E-state index >= 15 is 0 Å². The molecule has 0 bridgehead atoms. The number of nitrogens with one attached hydrogen (secondary N) is 1. The number of hydrogen-bond donors (Lipinski definition) is 8. The molecule has 4 aliphatic rings. The highest BCUT2D eigenvalue weighted by atomic mass is 16.4. The highest BCUT2D eigenvalue weighted by Gasteiger charge is 2.63. The van der Waals surface area contributed by atoms with Crippen molar-refractivity contribution in [2.75, 3.05) is 52.4 Å². The number of carboxylic acid groups (broad SMARTS) is 6. The van der Waals surface area contributed by atoms with Crippen molar-refractivity contribution >= 4 is 41.7 Å². The molecule has 0 aromatic rings. The van der Waals surface area contributed by atoms with Crippen molar-refractivity contribution in [1.29, 1.82) is 0 Å². The zero-order valence-electron chi connectivity index (χ0n) is 34.7. The topological polar surface area (TPSA) is 283 Å². The first-order valence-corrected chi connectivity index (χ1v) is 21.1. The number of aliphatic carboxylic acids is 6. The molecule has 4 rings (SSSR count). The van der Waals surface area contributed by atoms with Crippen molar-refractivity contribution in [2.45, 2.75) is 116 Å². The second-order valence-electron chi connectivity index (χ2n) is 18.3. The van der Waals surface area contributed by atoms with Crippen molar-refractivity contribution in [3.63, 3.8) is 0 Å². The maximum atomic E-state index is 13.5. The Hall–Kier alpha value is -3.87. The summed E-state index contributed by atoms with van der Waals surface area (Å²) in [6, 6.07) is -1.43. The highest BCUT2D eigenvalue weighted by molar-refractivity contribution is 5.79. The van der Waals surface area contributed by atoms with Crippen LogP contribution in [-0.4, -0.2) is 163 Å². The molecule has 4 saturated carbocycles. The quantitative estimate of drug-likeness (QED) is 0.0691. The third-order valence-corrected chi connectivity index (χ3v) is 14.9. The number of aliphatic hydroxyl groups excluding tert-OH is 1. The Bertz CT molecular complexity index is 1470. The minimum Gasteiger partial charge on any atom is -0.481 e. The molecule has 18 nitrogen and oxygen atoms in total. The predicted octanol–water partition coefficient (Wildman–Crippen LogP) is 2.08. The summed E-state index contributed by atoms with van der Waals surface area (Å²) >= 11 is 0. The fourth-order valence-electron chi connectivity index (χ4n) is 12.1. The molecule has 334 valence electrons. The molecule has 0 aliphatic heterocycles. The van der Waals surface area contributed by atoms with E-state index in [1.807, 2.05) is 0 Å². The molecule has 0 heterocycles. The summed E-state index contributed by atoms with van der Waals surface area (Å²) in [5, 5.41) is 71.8. The van der Waals surface area contributed by atoms with Crippen molar-refractivity contribution in [3.8, 4) is 0 Å². The number of fused-ring (bicyclic) bond motifs is 5. The van der Waals surface area contributed by atoms with Gasteiger partial charge in [0.15, 0.2) is 0 Å². The molecule has 0 spiro atoms. The molecule has 59 heavy (non-hydrogen) atoms. The summed E-state index contributed by atoms with van der Waals surface area (Å²) in [6.45, 7) is 3.51. The Morgan fingerprint density at radius 1 is 0.661 bits per heavy atom. The minimum absolute atomic E-state index is 0.0152. The van der Waals surface area contributed by atoms with Gasteiger partial charge >= 0.3 is 35.8 Å². The number of carbonyl (C=O) groups is 7. The van der Waals surface area contributed by atoms with Crippen LogP contribution in [0.2, 0.25) is 0 Å². The molecular formula is C41H66N4O14. The van der Waals surface area contributed by atoms with Crippen LogP contribution in [0.15, 0.2) is 0 Å². The van der Waals surface area contributed by atoms with E-state index in [0.29, 0.717) is 36.5 Å². The first kappa shape index (κ1) is 47.8. The molecule has 0 saturated heterocycles. The van der Waals surface area contributed by atoms with Gasteiger partial charge in [0, 0.05) is 45.1 Å². The number of nitrogens with zero attached hydrogens (tertiary/aromatic N) is 3. The molecule has 18 heteroatoms. The fourth-order valence-corrected chi connectivity index (χ4v) is 12.1. The molecule has 10 unspecified atom stereocenters. The number of rotatable bonds is 24. The van der Waals surface area contributed by atoms with Gasteiger partial charge in [0.25, 0.3) is 0 Å². The molecular weight excluding hydrogens is 772 g/mol. The average Bonchev–Trinajstić information content (AvgIpc) is 3.49. The van der Waals surface area contributed by atoms with Crippen LogP contribution in [0, 0.1) is 46.3 Å². The molecule has 4 aliphatic carbocycles. The van der Waals surface area contributed by atoms with Gasteiger partial charge in [0.1, 0.15) is 6.04 Å². The zero-order chi connectivity index (χ0) is 43.8. The molecule has 8 N–H and O–H groups in total. The van der Waals surface area contributed by atoms with E-state index in [0.717, 1.165) is 54.7 Å². The second kappa shape index (κ2) is 20.6. The summed E-state index contributed by atoms with van der Waals surface area (Å²) in [7, 11) is 0. The van der Waals surface area contributed by atoms with Crippen molar-refractivity contribution in [3.05, 3.63) is 0 Å². The minimum atomic E-state index is -1.31. The SMILES string of the molecule is CC(CCC(=O)O)C1CCC2C3CCC4CC(NC(=O)CCC(C(=O)O)N(CCN(CC(=O)O)CC(=O)O)CCN(CC(=O)O)CC(=O)O)CCC4(C)C3C[C@H](O)C12C. The van der Waals surface area contributed by atoms with Gasteiger partial charge in [-0.15, -0.1) is 0 Å². The van der Waals surface area contributed by atoms with Crippen LogP contribution in [0.4, 0.5) is 0 Å². The smallest absolute Gasteiger partial charge is 0.320 e. The lowest BCUT2D eigenvalue weighted by atomic mass is 9.43. The van der Waals surface area contributed by atoms with Crippen LogP contribution < -0.4 is 5.32 Å². The monoisotopic (exact) mass is 838 g/mol. The Morgan fingerprint density at radius 3 is 1.73 bits per heavy atom. The lowest BCUT2D eigenvalue weighted by Crippen LogP contribution is -2.59. The maximum Gasteiger partial charge on any atom is 0.320 e. The maximum absolute atomic E-state index is 13.5. The van der Waals surface area contributed by atoms with Crippen molar-refractivity contribution < 1.29 is 69.3 Å². The van der Waals surface area contributed by atoms with Gasteiger partial charge in [-0.25, -0.2) is 0 Å². The Labute approximate surface area is 345 Å². The number of hydrogen-bond acceptors (Lipinski definition) is 11. The molecule has 4 fully saturated rings. The normalized spacial score (nSPS) is 31.1. The number of carbonyl (C=O) groups excluding carboxylic acids is 1. The van der Waals surface area contributed by atoms with Gasteiger partial charge in [-0.05, 0) is 111 Å². The van der Waals surface area contributed by atoms with Gasteiger partial charge < -0.3 is 41.1 Å². The van der Waals surface area contributed by atoms with E-state index in [1.54, 1.807) is 0 Å². The summed E-state index contributed by atoms with van der Waals surface area (Å²) in [6.07, 6.45) is 7.09. The first-order valence-electron chi connectivity index (χ1n) is 21.1. The Balaban J connectivity index is 1.39. The highest BCUT2D eigenvalue weighted by Crippen LogP contribution is 2.68. The Morgan fingerprint density at radius 2 is 1.22 bits per heavy atom. The molecule has 0 aromatic heterocycles. The molecule has 11 atom stereocenters. The first-order chi connectivity index (χ1) is 27.6. The Kier molecular flexibility index (Phi) is 16.7. The van der Waals surface area contributed by atoms with Crippen LogP contribution in [0.3, 0.4) is 0 Å². The van der Waals surface area contributed by atoms with Gasteiger partial charge in [0.2, 0.25) is 5.91 Å². The van der Waals surface area contributed by atoms with Crippen LogP contribution in [0.5, 0.6) is 0 Å². The van der Waals surface area contributed by atoms with Gasteiger partial charge in [-0.2, -0.15) is 0 Å². The van der Waals surface area contributed by atoms with E-state index in [4.69, 9.17) is 0 Å². The summed E-state index contributed by atoms with van der Waals surface area (Å²) in [5.41, 5.74) is -0.262. The summed E-state index contributed by atoms with van der Waals surface area (Å²) < 4.78 is 0. The lowest BCUT2D eigenvalue weighted by Gasteiger charge is -2.62. The third kappa shape index (κ3) is 12.1. The summed E-state index contributed by atoms with van der Waals surface area (Å²) in [5.74, 6) is -5.61. The fraction of sp³-hybridized carbons (Fsp3) is 0.829. The van der Waals surface area contributed by atoms with Gasteiger partial charge in [-0.3, -0.25) is 48.3 Å². The molecule has 0 aromatic carbocycles. The average molecular weight is 839 g/mol. The van der Waals surface area contributed by atoms with Crippen molar-refractivity contribution in [2.24, 2.45) is 46.3 Å². The van der Waals surface area contributed by atoms with Gasteiger partial charge in [-0.1, -0.05) is 20.8 Å². The van der Waals surface area contributed by atoms with E-state index in [2.05, 4.69) is 26.1 Å².